The van der Waals surface area contributed by atoms with Gasteiger partial charge < -0.3 is 14.4 Å². The monoisotopic (exact) mass is 459 g/mol. The van der Waals surface area contributed by atoms with Crippen molar-refractivity contribution in [2.24, 2.45) is 5.92 Å². The van der Waals surface area contributed by atoms with Gasteiger partial charge in [0.05, 0.1) is 23.5 Å². The third kappa shape index (κ3) is 4.56. The van der Waals surface area contributed by atoms with E-state index >= 15 is 0 Å². The molecule has 2 aromatic carbocycles. The molecule has 3 aromatic rings. The van der Waals surface area contributed by atoms with Gasteiger partial charge in [-0.1, -0.05) is 24.3 Å². The van der Waals surface area contributed by atoms with Crippen LogP contribution in [-0.2, 0) is 17.9 Å². The van der Waals surface area contributed by atoms with Crippen molar-refractivity contribution in [3.63, 3.8) is 0 Å². The number of aromatic nitrogens is 2. The number of carbonyl (C=O) groups is 1. The second-order valence-electron chi connectivity index (χ2n) is 9.94. The summed E-state index contributed by atoms with van der Waals surface area (Å²) >= 11 is 0. The van der Waals surface area contributed by atoms with Crippen LogP contribution in [0.25, 0.3) is 11.0 Å². The normalized spacial score (nSPS) is 19.7. The number of amides is 1. The lowest BCUT2D eigenvalue weighted by Gasteiger charge is -2.40. The Balaban J connectivity index is 1.21. The zero-order valence-corrected chi connectivity index (χ0v) is 20.8. The van der Waals surface area contributed by atoms with E-state index in [0.29, 0.717) is 5.91 Å². The average molecular weight is 460 g/mol. The summed E-state index contributed by atoms with van der Waals surface area (Å²) in [4.78, 5) is 25.3. The molecule has 0 radical (unpaired) electrons. The smallest absolute Gasteiger partial charge is 0.227 e. The van der Waals surface area contributed by atoms with Crippen LogP contribution in [0.3, 0.4) is 0 Å². The number of hydrogen-bond donors (Lipinski definition) is 0. The highest BCUT2D eigenvalue weighted by Crippen LogP contribution is 2.26. The van der Waals surface area contributed by atoms with Gasteiger partial charge in [0.15, 0.2) is 0 Å². The van der Waals surface area contributed by atoms with Gasteiger partial charge in [-0.3, -0.25) is 9.69 Å². The van der Waals surface area contributed by atoms with Gasteiger partial charge in [0.2, 0.25) is 5.91 Å². The van der Waals surface area contributed by atoms with Gasteiger partial charge in [0.1, 0.15) is 5.82 Å². The van der Waals surface area contributed by atoms with E-state index in [-0.39, 0.29) is 5.92 Å². The first-order chi connectivity index (χ1) is 16.5. The molecule has 6 heteroatoms. The number of carbonyl (C=O) groups excluding carboxylic acids is 1. The number of para-hydroxylation sites is 2. The Labute approximate surface area is 203 Å². The van der Waals surface area contributed by atoms with Crippen molar-refractivity contribution in [2.75, 3.05) is 44.2 Å². The molecule has 2 saturated heterocycles. The molecule has 0 spiro atoms. The zero-order chi connectivity index (χ0) is 23.7. The van der Waals surface area contributed by atoms with Crippen LogP contribution in [-0.4, -0.2) is 64.5 Å². The van der Waals surface area contributed by atoms with E-state index in [4.69, 9.17) is 4.98 Å². The standard InChI is InChI=1S/C28H37N5O/c1-4-33-25-10-6-5-9-24(25)29-27(33)20-30-13-7-8-23(19-30)28(34)32-16-14-31(15-17-32)26-18-21(2)11-12-22(26)3/h5-6,9-12,18,23H,4,7-8,13-17,19-20H2,1-3H3/t23-/m1/s1. The topological polar surface area (TPSA) is 44.6 Å². The fourth-order valence-electron chi connectivity index (χ4n) is 5.69. The highest BCUT2D eigenvalue weighted by Gasteiger charge is 2.31. The third-order valence-electron chi connectivity index (χ3n) is 7.57. The molecule has 2 aliphatic rings. The Kier molecular flexibility index (Phi) is 6.59. The number of aryl methyl sites for hydroxylation is 3. The van der Waals surface area contributed by atoms with Crippen molar-refractivity contribution in [2.45, 2.75) is 46.7 Å². The molecule has 1 aromatic heterocycles. The van der Waals surface area contributed by atoms with Crippen LogP contribution in [0.5, 0.6) is 0 Å². The van der Waals surface area contributed by atoms with Crippen LogP contribution in [0.15, 0.2) is 42.5 Å². The lowest BCUT2D eigenvalue weighted by molar-refractivity contribution is -0.137. The second kappa shape index (κ2) is 9.79. The van der Waals surface area contributed by atoms with Crippen LogP contribution < -0.4 is 4.90 Å². The summed E-state index contributed by atoms with van der Waals surface area (Å²) in [5.74, 6) is 1.55. The first kappa shape index (κ1) is 22.9. The van der Waals surface area contributed by atoms with Crippen LogP contribution in [0.4, 0.5) is 5.69 Å². The average Bonchev–Trinajstić information content (AvgIpc) is 3.22. The predicted molar refractivity (Wildman–Crippen MR) is 138 cm³/mol. The molecular formula is C28H37N5O. The number of piperidine rings is 1. The van der Waals surface area contributed by atoms with Crippen molar-refractivity contribution in [1.29, 1.82) is 0 Å². The van der Waals surface area contributed by atoms with E-state index < -0.39 is 0 Å². The molecule has 180 valence electrons. The summed E-state index contributed by atoms with van der Waals surface area (Å²) in [7, 11) is 0. The van der Waals surface area contributed by atoms with E-state index in [1.54, 1.807) is 0 Å². The van der Waals surface area contributed by atoms with Crippen molar-refractivity contribution in [1.82, 2.24) is 19.4 Å². The molecule has 0 saturated carbocycles. The highest BCUT2D eigenvalue weighted by molar-refractivity contribution is 5.79. The molecule has 0 N–H and O–H groups in total. The molecule has 0 aliphatic carbocycles. The summed E-state index contributed by atoms with van der Waals surface area (Å²) in [5, 5.41) is 0. The van der Waals surface area contributed by atoms with Crippen molar-refractivity contribution >= 4 is 22.6 Å². The Morgan fingerprint density at radius 1 is 1.03 bits per heavy atom. The molecule has 5 rings (SSSR count). The molecule has 2 fully saturated rings. The van der Waals surface area contributed by atoms with Crippen LogP contribution in [0.2, 0.25) is 0 Å². The van der Waals surface area contributed by atoms with Crippen molar-refractivity contribution in [3.05, 3.63) is 59.4 Å². The number of rotatable bonds is 5. The van der Waals surface area contributed by atoms with Gasteiger partial charge in [-0.05, 0) is 69.5 Å². The fraction of sp³-hybridized carbons (Fsp3) is 0.500. The van der Waals surface area contributed by atoms with E-state index in [0.717, 1.165) is 76.5 Å². The van der Waals surface area contributed by atoms with Gasteiger partial charge in [0.25, 0.3) is 0 Å². The quantitative estimate of drug-likeness (QED) is 0.573. The molecule has 1 atom stereocenters. The van der Waals surface area contributed by atoms with Gasteiger partial charge in [-0.25, -0.2) is 4.98 Å². The van der Waals surface area contributed by atoms with E-state index in [1.165, 1.54) is 22.3 Å². The molecular weight excluding hydrogens is 422 g/mol. The highest BCUT2D eigenvalue weighted by atomic mass is 16.2. The molecule has 34 heavy (non-hydrogen) atoms. The minimum atomic E-state index is 0.0976. The number of anilines is 1. The Hall–Kier alpha value is -2.86. The molecule has 2 aliphatic heterocycles. The summed E-state index contributed by atoms with van der Waals surface area (Å²) in [5.41, 5.74) is 6.18. The maximum absolute atomic E-state index is 13.4. The van der Waals surface area contributed by atoms with Gasteiger partial charge in [-0.2, -0.15) is 0 Å². The first-order valence-corrected chi connectivity index (χ1v) is 12.8. The predicted octanol–water partition coefficient (Wildman–Crippen LogP) is 4.23. The van der Waals surface area contributed by atoms with Gasteiger partial charge >= 0.3 is 0 Å². The number of nitrogens with zero attached hydrogens (tertiary/aromatic N) is 5. The van der Waals surface area contributed by atoms with Crippen molar-refractivity contribution < 1.29 is 4.79 Å². The van der Waals surface area contributed by atoms with Gasteiger partial charge in [0, 0.05) is 45.0 Å². The van der Waals surface area contributed by atoms with Gasteiger partial charge in [-0.15, -0.1) is 0 Å². The Morgan fingerprint density at radius 3 is 2.62 bits per heavy atom. The Morgan fingerprint density at radius 2 is 1.82 bits per heavy atom. The SMILES string of the molecule is CCn1c(CN2CCC[C@@H](C(=O)N3CCN(c4cc(C)ccc4C)CC3)C2)nc2ccccc21. The molecule has 6 nitrogen and oxygen atoms in total. The Bertz CT molecular complexity index is 1160. The molecule has 0 bridgehead atoms. The van der Waals surface area contributed by atoms with Crippen molar-refractivity contribution in [3.8, 4) is 0 Å². The zero-order valence-electron chi connectivity index (χ0n) is 20.8. The van der Waals surface area contributed by atoms with E-state index in [9.17, 15) is 4.79 Å². The van der Waals surface area contributed by atoms with E-state index in [2.05, 4.69) is 82.5 Å². The minimum Gasteiger partial charge on any atom is -0.368 e. The molecule has 3 heterocycles. The number of fused-ring (bicyclic) bond motifs is 1. The number of imidazole rings is 1. The van der Waals surface area contributed by atoms with E-state index in [1.807, 2.05) is 0 Å². The lowest BCUT2D eigenvalue weighted by Crippen LogP contribution is -2.52. The maximum atomic E-state index is 13.4. The molecule has 0 unspecified atom stereocenters. The number of likely N-dealkylation sites (tertiary alicyclic amines) is 1. The summed E-state index contributed by atoms with van der Waals surface area (Å²) < 4.78 is 2.31. The minimum absolute atomic E-state index is 0.0976. The fourth-order valence-corrected chi connectivity index (χ4v) is 5.69. The number of benzene rings is 2. The lowest BCUT2D eigenvalue weighted by atomic mass is 9.96. The number of piperazine rings is 1. The third-order valence-corrected chi connectivity index (χ3v) is 7.57. The number of hydrogen-bond acceptors (Lipinski definition) is 4. The maximum Gasteiger partial charge on any atom is 0.227 e. The second-order valence-corrected chi connectivity index (χ2v) is 9.94. The largest absolute Gasteiger partial charge is 0.368 e. The van der Waals surface area contributed by atoms with Crippen LogP contribution in [0, 0.1) is 19.8 Å². The van der Waals surface area contributed by atoms with Crippen LogP contribution >= 0.6 is 0 Å². The summed E-state index contributed by atoms with van der Waals surface area (Å²) in [6.07, 6.45) is 2.07. The van der Waals surface area contributed by atoms with Crippen LogP contribution in [0.1, 0.15) is 36.7 Å². The summed E-state index contributed by atoms with van der Waals surface area (Å²) in [6.45, 7) is 13.5. The first-order valence-electron chi connectivity index (χ1n) is 12.8. The summed E-state index contributed by atoms with van der Waals surface area (Å²) in [6, 6.07) is 15.0. The molecule has 1 amide bonds.